The molecule has 136 valence electrons. The predicted octanol–water partition coefficient (Wildman–Crippen LogP) is 4.17. The molecule has 0 radical (unpaired) electrons. The van der Waals surface area contributed by atoms with Crippen LogP contribution in [0.2, 0.25) is 0 Å². The van der Waals surface area contributed by atoms with Gasteiger partial charge < -0.3 is 10.2 Å². The summed E-state index contributed by atoms with van der Waals surface area (Å²) in [4.78, 5) is 4.70. The van der Waals surface area contributed by atoms with Crippen LogP contribution in [0.4, 0.5) is 0 Å². The smallest absolute Gasteiger partial charge is 0.119 e. The maximum absolute atomic E-state index is 10.6. The van der Waals surface area contributed by atoms with Crippen LogP contribution in [0.5, 0.6) is 0 Å². The summed E-state index contributed by atoms with van der Waals surface area (Å²) in [7, 11) is 0. The first-order chi connectivity index (χ1) is 11.3. The van der Waals surface area contributed by atoms with Crippen molar-refractivity contribution in [2.45, 2.75) is 64.6 Å². The fourth-order valence-corrected chi connectivity index (χ4v) is 2.95. The van der Waals surface area contributed by atoms with Gasteiger partial charge in [-0.05, 0) is 58.4 Å². The number of aliphatic hydroxyl groups is 2. The van der Waals surface area contributed by atoms with Crippen molar-refractivity contribution < 1.29 is 20.4 Å². The zero-order valence-electron chi connectivity index (χ0n) is 15.2. The molecular weight excluding hydrogens is 304 g/mol. The number of hydrogen-bond acceptors (Lipinski definition) is 4. The van der Waals surface area contributed by atoms with Crippen molar-refractivity contribution in [2.24, 2.45) is 5.92 Å². The normalized spacial score (nSPS) is 35.9. The maximum Gasteiger partial charge on any atom is 0.119 e. The Labute approximate surface area is 145 Å². The van der Waals surface area contributed by atoms with Gasteiger partial charge in [0.25, 0.3) is 0 Å². The quantitative estimate of drug-likeness (QED) is 0.411. The highest BCUT2D eigenvalue weighted by molar-refractivity contribution is 5.15. The third-order valence-electron chi connectivity index (χ3n) is 4.70. The van der Waals surface area contributed by atoms with E-state index >= 15 is 0 Å². The first-order valence-electron chi connectivity index (χ1n) is 8.61. The van der Waals surface area contributed by atoms with Crippen LogP contribution in [-0.4, -0.2) is 33.8 Å². The van der Waals surface area contributed by atoms with E-state index in [4.69, 9.17) is 4.89 Å². The second-order valence-corrected chi connectivity index (χ2v) is 7.06. The fourth-order valence-electron chi connectivity index (χ4n) is 2.95. The molecular formula is C20H32O4. The lowest BCUT2D eigenvalue weighted by Gasteiger charge is -2.28. The maximum atomic E-state index is 10.6. The minimum absolute atomic E-state index is 0.164. The van der Waals surface area contributed by atoms with Crippen molar-refractivity contribution >= 4 is 0 Å². The molecule has 0 aromatic carbocycles. The van der Waals surface area contributed by atoms with Crippen molar-refractivity contribution in [2.75, 3.05) is 6.61 Å². The van der Waals surface area contributed by atoms with E-state index in [-0.39, 0.29) is 12.5 Å². The largest absolute Gasteiger partial charge is 0.392 e. The third kappa shape index (κ3) is 6.73. The predicted molar refractivity (Wildman–Crippen MR) is 97.6 cm³/mol. The highest BCUT2D eigenvalue weighted by Crippen LogP contribution is 2.28. The van der Waals surface area contributed by atoms with Gasteiger partial charge in [-0.25, -0.2) is 4.89 Å². The Bertz CT molecular complexity index is 504. The Morgan fingerprint density at radius 3 is 2.71 bits per heavy atom. The van der Waals surface area contributed by atoms with Gasteiger partial charge in [0.15, 0.2) is 0 Å². The Hall–Kier alpha value is -1.20. The van der Waals surface area contributed by atoms with Gasteiger partial charge in [-0.3, -0.25) is 5.26 Å². The average molecular weight is 336 g/mol. The second-order valence-electron chi connectivity index (χ2n) is 7.06. The van der Waals surface area contributed by atoms with Crippen molar-refractivity contribution in [3.63, 3.8) is 0 Å². The van der Waals surface area contributed by atoms with Crippen LogP contribution in [0.1, 0.15) is 52.9 Å². The van der Waals surface area contributed by atoms with Crippen LogP contribution in [-0.2, 0) is 4.89 Å². The van der Waals surface area contributed by atoms with Crippen molar-refractivity contribution in [3.8, 4) is 0 Å². The van der Waals surface area contributed by atoms with Gasteiger partial charge in [-0.1, -0.05) is 42.0 Å². The summed E-state index contributed by atoms with van der Waals surface area (Å²) in [6, 6.07) is 0. The molecule has 0 heterocycles. The third-order valence-corrected chi connectivity index (χ3v) is 4.70. The summed E-state index contributed by atoms with van der Waals surface area (Å²) in [6.07, 6.45) is 10.9. The Morgan fingerprint density at radius 2 is 2.08 bits per heavy atom. The van der Waals surface area contributed by atoms with Gasteiger partial charge >= 0.3 is 0 Å². The van der Waals surface area contributed by atoms with E-state index in [1.54, 1.807) is 6.92 Å². The number of hydrogen-bond donors (Lipinski definition) is 3. The highest BCUT2D eigenvalue weighted by Gasteiger charge is 2.27. The highest BCUT2D eigenvalue weighted by atomic mass is 17.1. The Kier molecular flexibility index (Phi) is 8.63. The second kappa shape index (κ2) is 9.94. The molecule has 0 aromatic rings. The van der Waals surface area contributed by atoms with E-state index in [2.05, 4.69) is 19.6 Å². The molecule has 1 aliphatic rings. The van der Waals surface area contributed by atoms with E-state index in [1.807, 2.05) is 25.2 Å². The summed E-state index contributed by atoms with van der Waals surface area (Å²) in [5.41, 5.74) is 2.16. The Morgan fingerprint density at radius 1 is 1.38 bits per heavy atom. The average Bonchev–Trinajstić information content (AvgIpc) is 2.53. The molecule has 0 saturated heterocycles. The van der Waals surface area contributed by atoms with E-state index in [9.17, 15) is 15.5 Å². The van der Waals surface area contributed by atoms with E-state index in [0.29, 0.717) is 18.4 Å². The van der Waals surface area contributed by atoms with Crippen LogP contribution in [0.15, 0.2) is 47.6 Å². The summed E-state index contributed by atoms with van der Waals surface area (Å²) < 4.78 is 0. The summed E-state index contributed by atoms with van der Waals surface area (Å²) >= 11 is 0. The van der Waals surface area contributed by atoms with Gasteiger partial charge in [0.1, 0.15) is 5.60 Å². The van der Waals surface area contributed by atoms with Crippen molar-refractivity contribution in [1.29, 1.82) is 0 Å². The van der Waals surface area contributed by atoms with Crippen LogP contribution < -0.4 is 0 Å². The SMILES string of the molecule is C=C(CO)[C@@H]1CC[C@@](C)(OO)/C=C/C/C(C)=C/CC/C(C)=C/[C@@H]1O. The monoisotopic (exact) mass is 336 g/mol. The molecule has 4 heteroatoms. The fraction of sp³-hybridized carbons (Fsp3) is 0.600. The van der Waals surface area contributed by atoms with Gasteiger partial charge in [-0.2, -0.15) is 0 Å². The molecule has 0 spiro atoms. The molecule has 24 heavy (non-hydrogen) atoms. The minimum Gasteiger partial charge on any atom is -0.392 e. The molecule has 0 saturated carbocycles. The summed E-state index contributed by atoms with van der Waals surface area (Å²) in [5.74, 6) is -0.270. The van der Waals surface area contributed by atoms with Gasteiger partial charge in [-0.15, -0.1) is 0 Å². The van der Waals surface area contributed by atoms with Crippen LogP contribution >= 0.6 is 0 Å². The molecule has 0 unspecified atom stereocenters. The van der Waals surface area contributed by atoms with E-state index in [0.717, 1.165) is 24.8 Å². The lowest BCUT2D eigenvalue weighted by Crippen LogP contribution is -2.29. The molecule has 0 aliphatic heterocycles. The molecule has 0 amide bonds. The van der Waals surface area contributed by atoms with Gasteiger partial charge in [0.05, 0.1) is 12.7 Å². The standard InChI is InChI=1S/C20H32O4/c1-15-7-5-8-16(2)13-19(22)18(17(3)14-21)10-12-20(4,24-23)11-6-9-15/h6-7,11,13,18-19,21-23H,3,5,8-10,12,14H2,1-2,4H3/b11-6+,15-7+,16-13+/t18-,19-,20-/m0/s1. The Balaban J connectivity index is 3.08. The van der Waals surface area contributed by atoms with E-state index in [1.165, 1.54) is 5.57 Å². The van der Waals surface area contributed by atoms with Crippen LogP contribution in [0.25, 0.3) is 0 Å². The van der Waals surface area contributed by atoms with E-state index < -0.39 is 11.7 Å². The number of rotatable bonds is 3. The van der Waals surface area contributed by atoms with Crippen LogP contribution in [0, 0.1) is 5.92 Å². The van der Waals surface area contributed by atoms with Crippen molar-refractivity contribution in [1.82, 2.24) is 0 Å². The molecule has 1 rings (SSSR count). The molecule has 0 aromatic heterocycles. The molecule has 0 bridgehead atoms. The summed E-state index contributed by atoms with van der Waals surface area (Å²) in [6.45, 7) is 9.63. The van der Waals surface area contributed by atoms with Crippen LogP contribution in [0.3, 0.4) is 0 Å². The molecule has 3 atom stereocenters. The zero-order valence-corrected chi connectivity index (χ0v) is 15.2. The lowest BCUT2D eigenvalue weighted by molar-refractivity contribution is -0.304. The topological polar surface area (TPSA) is 69.9 Å². The first-order valence-corrected chi connectivity index (χ1v) is 8.61. The molecule has 3 N–H and O–H groups in total. The number of allylic oxidation sites excluding steroid dienone is 4. The molecule has 0 fully saturated rings. The van der Waals surface area contributed by atoms with Crippen molar-refractivity contribution in [3.05, 3.63) is 47.6 Å². The summed E-state index contributed by atoms with van der Waals surface area (Å²) in [5, 5.41) is 29.3. The zero-order chi connectivity index (χ0) is 18.2. The van der Waals surface area contributed by atoms with Gasteiger partial charge in [0, 0.05) is 5.92 Å². The van der Waals surface area contributed by atoms with Gasteiger partial charge in [0.2, 0.25) is 0 Å². The molecule has 4 nitrogen and oxygen atoms in total. The number of aliphatic hydroxyl groups excluding tert-OH is 2. The minimum atomic E-state index is -0.823. The first kappa shape index (κ1) is 20.8. The lowest BCUT2D eigenvalue weighted by atomic mass is 9.84. The molecule has 1 aliphatic carbocycles.